The number of ether oxygens (including phenoxy) is 2. The summed E-state index contributed by atoms with van der Waals surface area (Å²) >= 11 is 12.2. The molecule has 0 aliphatic heterocycles. The van der Waals surface area contributed by atoms with Crippen LogP contribution in [0.4, 0.5) is 5.69 Å². The number of anilines is 1. The van der Waals surface area contributed by atoms with Crippen LogP contribution in [0.2, 0.25) is 10.0 Å². The summed E-state index contributed by atoms with van der Waals surface area (Å²) in [7, 11) is 0. The van der Waals surface area contributed by atoms with E-state index in [0.29, 0.717) is 22.0 Å². The van der Waals surface area contributed by atoms with Gasteiger partial charge in [0.25, 0.3) is 5.91 Å². The van der Waals surface area contributed by atoms with E-state index in [4.69, 9.17) is 37.8 Å². The largest absolute Gasteiger partial charge is 0.481 e. The van der Waals surface area contributed by atoms with Crippen molar-refractivity contribution in [1.82, 2.24) is 4.98 Å². The van der Waals surface area contributed by atoms with Gasteiger partial charge in [-0.05, 0) is 42.5 Å². The van der Waals surface area contributed by atoms with E-state index in [0.717, 1.165) is 5.39 Å². The summed E-state index contributed by atoms with van der Waals surface area (Å²) in [4.78, 5) is 26.9. The molecule has 0 unspecified atom stereocenters. The molecule has 0 aliphatic carbocycles. The molecule has 0 fully saturated rings. The number of carbonyl (C=O) groups is 2. The number of rotatable bonds is 7. The second-order valence-corrected chi connectivity index (χ2v) is 6.42. The normalized spacial score (nSPS) is 10.5. The van der Waals surface area contributed by atoms with E-state index in [2.05, 4.69) is 10.3 Å². The minimum absolute atomic E-state index is 0.174. The van der Waals surface area contributed by atoms with Crippen LogP contribution in [0.15, 0.2) is 48.7 Å². The Balaban J connectivity index is 1.63. The van der Waals surface area contributed by atoms with Crippen LogP contribution < -0.4 is 14.8 Å². The van der Waals surface area contributed by atoms with Gasteiger partial charge >= 0.3 is 5.97 Å². The maximum absolute atomic E-state index is 12.2. The van der Waals surface area contributed by atoms with E-state index in [1.165, 1.54) is 12.1 Å². The van der Waals surface area contributed by atoms with Crippen LogP contribution in [0.5, 0.6) is 11.5 Å². The second-order valence-electron chi connectivity index (χ2n) is 5.61. The summed E-state index contributed by atoms with van der Waals surface area (Å²) in [5.74, 6) is -0.883. The first-order valence-electron chi connectivity index (χ1n) is 8.04. The Morgan fingerprint density at radius 2 is 1.75 bits per heavy atom. The van der Waals surface area contributed by atoms with Crippen LogP contribution in [0.1, 0.15) is 0 Å². The molecule has 1 aromatic heterocycles. The average molecular weight is 421 g/mol. The van der Waals surface area contributed by atoms with Crippen LogP contribution in [0, 0.1) is 0 Å². The zero-order chi connectivity index (χ0) is 20.1. The Labute approximate surface area is 169 Å². The number of carboxylic acid groups (broad SMARTS) is 1. The first kappa shape index (κ1) is 19.7. The average Bonchev–Trinajstić information content (AvgIpc) is 2.67. The molecule has 3 rings (SSSR count). The highest BCUT2D eigenvalue weighted by atomic mass is 35.5. The van der Waals surface area contributed by atoms with E-state index in [1.54, 1.807) is 30.5 Å². The van der Waals surface area contributed by atoms with Crippen molar-refractivity contribution >= 4 is 51.7 Å². The summed E-state index contributed by atoms with van der Waals surface area (Å²) in [6.07, 6.45) is 1.61. The van der Waals surface area contributed by atoms with Gasteiger partial charge in [-0.1, -0.05) is 23.2 Å². The number of aromatic nitrogens is 1. The number of nitrogens with one attached hydrogen (secondary N) is 1. The minimum atomic E-state index is -1.12. The van der Waals surface area contributed by atoms with Crippen molar-refractivity contribution in [3.8, 4) is 11.5 Å². The monoisotopic (exact) mass is 420 g/mol. The van der Waals surface area contributed by atoms with Crippen molar-refractivity contribution in [3.63, 3.8) is 0 Å². The van der Waals surface area contributed by atoms with Gasteiger partial charge in [0.1, 0.15) is 17.0 Å². The van der Waals surface area contributed by atoms with E-state index in [9.17, 15) is 9.59 Å². The third-order valence-corrected chi connectivity index (χ3v) is 4.23. The molecular formula is C19H14Cl2N2O5. The zero-order valence-electron chi connectivity index (χ0n) is 14.3. The van der Waals surface area contributed by atoms with Crippen molar-refractivity contribution in [2.45, 2.75) is 0 Å². The van der Waals surface area contributed by atoms with Gasteiger partial charge in [-0.2, -0.15) is 0 Å². The molecule has 9 heteroatoms. The molecule has 0 saturated carbocycles. The van der Waals surface area contributed by atoms with Crippen molar-refractivity contribution in [2.24, 2.45) is 0 Å². The fraction of sp³-hybridized carbons (Fsp3) is 0.105. The number of hydrogen-bond donors (Lipinski definition) is 2. The molecule has 7 nitrogen and oxygen atoms in total. The SMILES string of the molecule is O=C(O)COc1ccc(NC(=O)COc2ccc(Cl)c3cccnc23)cc1Cl. The van der Waals surface area contributed by atoms with Crippen LogP contribution in [-0.2, 0) is 9.59 Å². The molecule has 2 N–H and O–H groups in total. The Hall–Kier alpha value is -3.03. The van der Waals surface area contributed by atoms with Crippen LogP contribution >= 0.6 is 23.2 Å². The predicted molar refractivity (Wildman–Crippen MR) is 105 cm³/mol. The molecule has 1 heterocycles. The number of carboxylic acids is 1. The molecule has 0 spiro atoms. The lowest BCUT2D eigenvalue weighted by Gasteiger charge is -2.11. The third-order valence-electron chi connectivity index (χ3n) is 3.60. The molecule has 0 atom stereocenters. The van der Waals surface area contributed by atoms with Gasteiger partial charge < -0.3 is 19.9 Å². The molecule has 144 valence electrons. The van der Waals surface area contributed by atoms with Crippen LogP contribution in [-0.4, -0.2) is 35.2 Å². The number of amides is 1. The topological polar surface area (TPSA) is 97.8 Å². The number of carbonyl (C=O) groups excluding carboxylic acids is 1. The van der Waals surface area contributed by atoms with Gasteiger partial charge in [-0.3, -0.25) is 9.78 Å². The number of halogens is 2. The maximum Gasteiger partial charge on any atom is 0.341 e. The first-order valence-corrected chi connectivity index (χ1v) is 8.79. The molecule has 0 bridgehead atoms. The number of nitrogens with zero attached hydrogens (tertiary/aromatic N) is 1. The Bertz CT molecular complexity index is 1040. The summed E-state index contributed by atoms with van der Waals surface area (Å²) in [5, 5.41) is 12.7. The highest BCUT2D eigenvalue weighted by Crippen LogP contribution is 2.30. The van der Waals surface area contributed by atoms with Crippen molar-refractivity contribution < 1.29 is 24.2 Å². The van der Waals surface area contributed by atoms with Gasteiger partial charge in [0.15, 0.2) is 13.2 Å². The van der Waals surface area contributed by atoms with Crippen molar-refractivity contribution in [2.75, 3.05) is 18.5 Å². The lowest BCUT2D eigenvalue weighted by Crippen LogP contribution is -2.20. The molecule has 1 amide bonds. The maximum atomic E-state index is 12.2. The fourth-order valence-corrected chi connectivity index (χ4v) is 2.85. The quantitative estimate of drug-likeness (QED) is 0.598. The fourth-order valence-electron chi connectivity index (χ4n) is 2.40. The molecule has 0 radical (unpaired) electrons. The Kier molecular flexibility index (Phi) is 6.18. The van der Waals surface area contributed by atoms with Crippen molar-refractivity contribution in [3.05, 3.63) is 58.7 Å². The van der Waals surface area contributed by atoms with Gasteiger partial charge in [-0.15, -0.1) is 0 Å². The van der Waals surface area contributed by atoms with E-state index in [1.807, 2.05) is 6.07 Å². The van der Waals surface area contributed by atoms with Gasteiger partial charge in [0, 0.05) is 17.3 Å². The van der Waals surface area contributed by atoms with Crippen molar-refractivity contribution in [1.29, 1.82) is 0 Å². The zero-order valence-corrected chi connectivity index (χ0v) is 15.8. The van der Waals surface area contributed by atoms with Gasteiger partial charge in [-0.25, -0.2) is 4.79 Å². The molecular weight excluding hydrogens is 407 g/mol. The number of fused-ring (bicyclic) bond motifs is 1. The lowest BCUT2D eigenvalue weighted by atomic mass is 10.2. The highest BCUT2D eigenvalue weighted by molar-refractivity contribution is 6.35. The summed E-state index contributed by atoms with van der Waals surface area (Å²) < 4.78 is 10.6. The van der Waals surface area contributed by atoms with E-state index in [-0.39, 0.29) is 17.4 Å². The number of hydrogen-bond acceptors (Lipinski definition) is 5. The molecule has 28 heavy (non-hydrogen) atoms. The van der Waals surface area contributed by atoms with E-state index < -0.39 is 18.5 Å². The second kappa shape index (κ2) is 8.77. The summed E-state index contributed by atoms with van der Waals surface area (Å²) in [6.45, 7) is -0.759. The van der Waals surface area contributed by atoms with Crippen LogP contribution in [0.25, 0.3) is 10.9 Å². The summed E-state index contributed by atoms with van der Waals surface area (Å²) in [6, 6.07) is 11.4. The number of pyridine rings is 1. The molecule has 0 saturated heterocycles. The molecule has 0 aliphatic rings. The first-order chi connectivity index (χ1) is 13.4. The van der Waals surface area contributed by atoms with Crippen LogP contribution in [0.3, 0.4) is 0 Å². The van der Waals surface area contributed by atoms with E-state index >= 15 is 0 Å². The Morgan fingerprint density at radius 3 is 2.50 bits per heavy atom. The number of aliphatic carboxylic acids is 1. The smallest absolute Gasteiger partial charge is 0.341 e. The molecule has 2 aromatic carbocycles. The Morgan fingerprint density at radius 1 is 1.00 bits per heavy atom. The lowest BCUT2D eigenvalue weighted by molar-refractivity contribution is -0.139. The standard InChI is InChI=1S/C19H14Cl2N2O5/c20-13-4-6-16(19-12(13)2-1-7-22-19)27-9-17(24)23-11-3-5-15(14(21)8-11)28-10-18(25)26/h1-8H,9-10H2,(H,23,24)(H,25,26). The number of benzene rings is 2. The predicted octanol–water partition coefficient (Wildman–Crippen LogP) is 4.02. The third kappa shape index (κ3) is 4.82. The van der Waals surface area contributed by atoms with Gasteiger partial charge in [0.2, 0.25) is 0 Å². The minimum Gasteiger partial charge on any atom is -0.481 e. The highest BCUT2D eigenvalue weighted by Gasteiger charge is 2.11. The van der Waals surface area contributed by atoms with Gasteiger partial charge in [0.05, 0.1) is 10.0 Å². The molecule has 3 aromatic rings. The summed E-state index contributed by atoms with van der Waals surface area (Å²) in [5.41, 5.74) is 0.978.